The molecule has 1 N–H and O–H groups in total. The Bertz CT molecular complexity index is 410. The number of nitrogens with zero attached hydrogens (tertiary/aromatic N) is 1. The molecule has 1 saturated carbocycles. The molecule has 1 spiro atoms. The highest BCUT2D eigenvalue weighted by Gasteiger charge is 2.38. The molecule has 3 fully saturated rings. The van der Waals surface area contributed by atoms with E-state index < -0.39 is 0 Å². The van der Waals surface area contributed by atoms with Gasteiger partial charge in [-0.3, -0.25) is 9.59 Å². The summed E-state index contributed by atoms with van der Waals surface area (Å²) in [4.78, 5) is 25.8. The fourth-order valence-electron chi connectivity index (χ4n) is 4.03. The van der Waals surface area contributed by atoms with Gasteiger partial charge in [-0.1, -0.05) is 25.7 Å². The Morgan fingerprint density at radius 1 is 1.27 bits per heavy atom. The Balaban J connectivity index is 1.44. The van der Waals surface area contributed by atoms with Crippen LogP contribution in [0.25, 0.3) is 0 Å². The van der Waals surface area contributed by atoms with Crippen molar-refractivity contribution in [2.45, 2.75) is 63.4 Å². The zero-order valence-corrected chi connectivity index (χ0v) is 13.4. The van der Waals surface area contributed by atoms with Crippen LogP contribution < -0.4 is 5.32 Å². The van der Waals surface area contributed by atoms with Gasteiger partial charge in [0.15, 0.2) is 0 Å². The standard InChI is InChI=1S/C17H28N2O3/c20-15-7-12-22-17(13-18-15)8-10-19(11-9-17)16(21)6-5-14-3-1-2-4-14/h14H,1-13H2,(H,18,20). The number of ether oxygens (including phenoxy) is 1. The number of carbonyl (C=O) groups excluding carboxylic acids is 2. The van der Waals surface area contributed by atoms with E-state index in [2.05, 4.69) is 5.32 Å². The molecule has 3 aliphatic rings. The predicted octanol–water partition coefficient (Wildman–Crippen LogP) is 1.85. The quantitative estimate of drug-likeness (QED) is 0.865. The summed E-state index contributed by atoms with van der Waals surface area (Å²) in [7, 11) is 0. The molecule has 5 nitrogen and oxygen atoms in total. The zero-order chi connectivity index (χ0) is 15.4. The summed E-state index contributed by atoms with van der Waals surface area (Å²) in [5.41, 5.74) is -0.242. The van der Waals surface area contributed by atoms with E-state index in [-0.39, 0.29) is 11.5 Å². The minimum absolute atomic E-state index is 0.0759. The van der Waals surface area contributed by atoms with Crippen LogP contribution in [0, 0.1) is 5.92 Å². The van der Waals surface area contributed by atoms with Crippen molar-refractivity contribution in [2.75, 3.05) is 26.2 Å². The number of hydrogen-bond acceptors (Lipinski definition) is 3. The molecule has 2 heterocycles. The molecule has 0 atom stereocenters. The van der Waals surface area contributed by atoms with E-state index in [1.54, 1.807) is 0 Å². The Labute approximate surface area is 132 Å². The third-order valence-corrected chi connectivity index (χ3v) is 5.61. The number of piperidine rings is 1. The average molecular weight is 308 g/mol. The van der Waals surface area contributed by atoms with Crippen LogP contribution in [0.1, 0.15) is 57.8 Å². The molecule has 0 unspecified atom stereocenters. The normalized spacial score (nSPS) is 26.0. The van der Waals surface area contributed by atoms with E-state index in [0.29, 0.717) is 31.9 Å². The van der Waals surface area contributed by atoms with E-state index in [1.807, 2.05) is 4.90 Å². The van der Waals surface area contributed by atoms with E-state index in [9.17, 15) is 9.59 Å². The fraction of sp³-hybridized carbons (Fsp3) is 0.882. The summed E-state index contributed by atoms with van der Waals surface area (Å²) in [5.74, 6) is 1.16. The molecule has 2 saturated heterocycles. The van der Waals surface area contributed by atoms with E-state index in [0.717, 1.165) is 38.3 Å². The third kappa shape index (κ3) is 3.80. The Morgan fingerprint density at radius 2 is 2.00 bits per heavy atom. The summed E-state index contributed by atoms with van der Waals surface area (Å²) in [6, 6.07) is 0. The second-order valence-corrected chi connectivity index (χ2v) is 7.13. The van der Waals surface area contributed by atoms with Gasteiger partial charge in [-0.2, -0.15) is 0 Å². The van der Waals surface area contributed by atoms with Gasteiger partial charge in [0, 0.05) is 32.5 Å². The Kier molecular flexibility index (Phi) is 5.01. The first kappa shape index (κ1) is 15.8. The lowest BCUT2D eigenvalue weighted by Gasteiger charge is -2.40. The Morgan fingerprint density at radius 3 is 2.73 bits per heavy atom. The molecule has 2 aliphatic heterocycles. The lowest BCUT2D eigenvalue weighted by atomic mass is 9.90. The highest BCUT2D eigenvalue weighted by atomic mass is 16.5. The van der Waals surface area contributed by atoms with Crippen molar-refractivity contribution in [1.29, 1.82) is 0 Å². The van der Waals surface area contributed by atoms with Crippen molar-refractivity contribution in [3.05, 3.63) is 0 Å². The summed E-state index contributed by atoms with van der Waals surface area (Å²) in [6.45, 7) is 2.62. The van der Waals surface area contributed by atoms with Gasteiger partial charge in [0.05, 0.1) is 12.2 Å². The topological polar surface area (TPSA) is 58.6 Å². The molecule has 22 heavy (non-hydrogen) atoms. The largest absolute Gasteiger partial charge is 0.372 e. The third-order valence-electron chi connectivity index (χ3n) is 5.61. The number of nitrogens with one attached hydrogen (secondary N) is 1. The molecule has 0 aromatic heterocycles. The summed E-state index contributed by atoms with van der Waals surface area (Å²) >= 11 is 0. The number of rotatable bonds is 3. The number of hydrogen-bond donors (Lipinski definition) is 1. The number of likely N-dealkylation sites (tertiary alicyclic amines) is 1. The maximum absolute atomic E-state index is 12.4. The molecule has 2 amide bonds. The van der Waals surface area contributed by atoms with Gasteiger partial charge < -0.3 is 15.0 Å². The minimum atomic E-state index is -0.242. The fourth-order valence-corrected chi connectivity index (χ4v) is 4.03. The second kappa shape index (κ2) is 6.99. The average Bonchev–Trinajstić information content (AvgIpc) is 2.99. The monoisotopic (exact) mass is 308 g/mol. The van der Waals surface area contributed by atoms with Crippen LogP contribution in [0.15, 0.2) is 0 Å². The van der Waals surface area contributed by atoms with Crippen LogP contribution in [0.3, 0.4) is 0 Å². The lowest BCUT2D eigenvalue weighted by Crippen LogP contribution is -2.52. The molecular weight excluding hydrogens is 280 g/mol. The first-order chi connectivity index (χ1) is 10.7. The van der Waals surface area contributed by atoms with Crippen LogP contribution in [-0.2, 0) is 14.3 Å². The highest BCUT2D eigenvalue weighted by Crippen LogP contribution is 2.30. The summed E-state index contributed by atoms with van der Waals surface area (Å²) in [5, 5.41) is 2.94. The molecule has 1 aliphatic carbocycles. The van der Waals surface area contributed by atoms with Gasteiger partial charge in [0.1, 0.15) is 0 Å². The minimum Gasteiger partial charge on any atom is -0.372 e. The smallest absolute Gasteiger partial charge is 0.222 e. The van der Waals surface area contributed by atoms with Crippen molar-refractivity contribution in [2.24, 2.45) is 5.92 Å². The van der Waals surface area contributed by atoms with Gasteiger partial charge in [-0.15, -0.1) is 0 Å². The van der Waals surface area contributed by atoms with Gasteiger partial charge in [-0.25, -0.2) is 0 Å². The lowest BCUT2D eigenvalue weighted by molar-refractivity contribution is -0.138. The van der Waals surface area contributed by atoms with E-state index in [4.69, 9.17) is 4.74 Å². The van der Waals surface area contributed by atoms with E-state index >= 15 is 0 Å². The van der Waals surface area contributed by atoms with Gasteiger partial charge in [-0.05, 0) is 25.2 Å². The first-order valence-electron chi connectivity index (χ1n) is 8.85. The summed E-state index contributed by atoms with van der Waals surface area (Å²) in [6.07, 6.45) is 9.19. The van der Waals surface area contributed by atoms with Crippen LogP contribution in [0.2, 0.25) is 0 Å². The highest BCUT2D eigenvalue weighted by molar-refractivity contribution is 5.77. The van der Waals surface area contributed by atoms with Gasteiger partial charge >= 0.3 is 0 Å². The maximum atomic E-state index is 12.4. The van der Waals surface area contributed by atoms with E-state index in [1.165, 1.54) is 25.7 Å². The SMILES string of the molecule is O=C1CCOC2(CCN(C(=O)CCC3CCCC3)CC2)CN1. The zero-order valence-electron chi connectivity index (χ0n) is 13.4. The van der Waals surface area contributed by atoms with Crippen LogP contribution >= 0.6 is 0 Å². The van der Waals surface area contributed by atoms with Crippen molar-refractivity contribution in [3.8, 4) is 0 Å². The molecule has 0 bridgehead atoms. The maximum Gasteiger partial charge on any atom is 0.222 e. The molecule has 0 radical (unpaired) electrons. The molecular formula is C17H28N2O3. The molecule has 0 aromatic rings. The molecule has 5 heteroatoms. The number of carbonyl (C=O) groups is 2. The molecule has 3 rings (SSSR count). The second-order valence-electron chi connectivity index (χ2n) is 7.13. The van der Waals surface area contributed by atoms with Crippen molar-refractivity contribution >= 4 is 11.8 Å². The Hall–Kier alpha value is -1.10. The van der Waals surface area contributed by atoms with Crippen LogP contribution in [-0.4, -0.2) is 48.6 Å². The van der Waals surface area contributed by atoms with Crippen LogP contribution in [0.5, 0.6) is 0 Å². The summed E-state index contributed by atoms with van der Waals surface area (Å²) < 4.78 is 5.95. The number of amides is 2. The molecule has 0 aromatic carbocycles. The van der Waals surface area contributed by atoms with Gasteiger partial charge in [0.2, 0.25) is 11.8 Å². The van der Waals surface area contributed by atoms with Gasteiger partial charge in [0.25, 0.3) is 0 Å². The predicted molar refractivity (Wildman–Crippen MR) is 83.3 cm³/mol. The van der Waals surface area contributed by atoms with Crippen molar-refractivity contribution in [3.63, 3.8) is 0 Å². The van der Waals surface area contributed by atoms with Crippen molar-refractivity contribution < 1.29 is 14.3 Å². The van der Waals surface area contributed by atoms with Crippen molar-refractivity contribution in [1.82, 2.24) is 10.2 Å². The first-order valence-corrected chi connectivity index (χ1v) is 8.85. The molecule has 124 valence electrons. The van der Waals surface area contributed by atoms with Crippen LogP contribution in [0.4, 0.5) is 0 Å².